The lowest BCUT2D eigenvalue weighted by Gasteiger charge is -2.37. The third kappa shape index (κ3) is 4.10. The number of hydrogen-bond acceptors (Lipinski definition) is 3. The van der Waals surface area contributed by atoms with Crippen molar-refractivity contribution in [3.63, 3.8) is 0 Å². The smallest absolute Gasteiger partial charge is 0.306 e. The summed E-state index contributed by atoms with van der Waals surface area (Å²) < 4.78 is 5.85. The van der Waals surface area contributed by atoms with Gasteiger partial charge in [0.2, 0.25) is 0 Å². The molecule has 0 aromatic heterocycles. The molecule has 1 heterocycles. The van der Waals surface area contributed by atoms with Crippen LogP contribution in [0.15, 0.2) is 0 Å². The van der Waals surface area contributed by atoms with E-state index in [1.54, 1.807) is 0 Å². The number of carboxylic acid groups (broad SMARTS) is 1. The van der Waals surface area contributed by atoms with Gasteiger partial charge in [-0.3, -0.25) is 9.69 Å². The Kier molecular flexibility index (Phi) is 4.33. The zero-order chi connectivity index (χ0) is 12.3. The van der Waals surface area contributed by atoms with E-state index < -0.39 is 5.97 Å². The lowest BCUT2D eigenvalue weighted by Crippen LogP contribution is -2.45. The number of carbonyl (C=O) groups is 1. The van der Waals surface area contributed by atoms with E-state index in [9.17, 15) is 4.79 Å². The first kappa shape index (κ1) is 13.5. The Morgan fingerprint density at radius 2 is 1.88 bits per heavy atom. The number of hydrogen-bond donors (Lipinski definition) is 1. The molecule has 1 N–H and O–H groups in total. The first-order chi connectivity index (χ1) is 7.29. The molecule has 0 radical (unpaired) electrons. The van der Waals surface area contributed by atoms with Gasteiger partial charge in [0.15, 0.2) is 0 Å². The number of aliphatic carboxylic acids is 1. The second-order valence-electron chi connectivity index (χ2n) is 5.48. The van der Waals surface area contributed by atoms with E-state index in [1.807, 2.05) is 27.7 Å². The summed E-state index contributed by atoms with van der Waals surface area (Å²) in [5, 5.41) is 8.90. The summed E-state index contributed by atoms with van der Waals surface area (Å²) in [6.45, 7) is 9.77. The van der Waals surface area contributed by atoms with Crippen LogP contribution in [0, 0.1) is 5.92 Å². The maximum atomic E-state index is 10.8. The first-order valence-electron chi connectivity index (χ1n) is 5.94. The predicted octanol–water partition coefficient (Wildman–Crippen LogP) is 1.94. The van der Waals surface area contributed by atoms with Crippen LogP contribution < -0.4 is 0 Å². The Hall–Kier alpha value is -0.610. The van der Waals surface area contributed by atoms with Crippen molar-refractivity contribution >= 4 is 5.97 Å². The van der Waals surface area contributed by atoms with Gasteiger partial charge in [0, 0.05) is 13.1 Å². The van der Waals surface area contributed by atoms with Crippen LogP contribution in [0.25, 0.3) is 0 Å². The Morgan fingerprint density at radius 1 is 1.38 bits per heavy atom. The Bertz CT molecular complexity index is 239. The zero-order valence-corrected chi connectivity index (χ0v) is 10.7. The number of likely N-dealkylation sites (tertiary alicyclic amines) is 1. The van der Waals surface area contributed by atoms with Crippen molar-refractivity contribution in [3.8, 4) is 0 Å². The molecule has 0 saturated carbocycles. The lowest BCUT2D eigenvalue weighted by atomic mass is 9.97. The van der Waals surface area contributed by atoms with Gasteiger partial charge in [-0.25, -0.2) is 0 Å². The van der Waals surface area contributed by atoms with E-state index in [1.165, 1.54) is 0 Å². The minimum atomic E-state index is -0.663. The fraction of sp³-hybridized carbons (Fsp3) is 0.917. The second kappa shape index (κ2) is 5.15. The third-order valence-corrected chi connectivity index (χ3v) is 2.92. The summed E-state index contributed by atoms with van der Waals surface area (Å²) in [5.74, 6) is -0.831. The standard InChI is InChI=1S/C12H23NO3/c1-9(16-12(2,3)4)13-7-5-10(6-8-13)11(14)15/h9-10H,5-8H2,1-4H3,(H,14,15). The van der Waals surface area contributed by atoms with Crippen molar-refractivity contribution in [3.05, 3.63) is 0 Å². The fourth-order valence-corrected chi connectivity index (χ4v) is 2.10. The number of rotatable bonds is 3. The number of carboxylic acids is 1. The van der Waals surface area contributed by atoms with E-state index in [4.69, 9.17) is 9.84 Å². The molecule has 16 heavy (non-hydrogen) atoms. The van der Waals surface area contributed by atoms with Crippen LogP contribution in [0.1, 0.15) is 40.5 Å². The van der Waals surface area contributed by atoms with E-state index in [0.29, 0.717) is 0 Å². The normalized spacial score (nSPS) is 22.0. The largest absolute Gasteiger partial charge is 0.481 e. The molecule has 1 rings (SSSR count). The minimum absolute atomic E-state index is 0.0646. The topological polar surface area (TPSA) is 49.8 Å². The fourth-order valence-electron chi connectivity index (χ4n) is 2.10. The summed E-state index contributed by atoms with van der Waals surface area (Å²) >= 11 is 0. The molecule has 0 bridgehead atoms. The lowest BCUT2D eigenvalue weighted by molar-refractivity contribution is -0.150. The van der Waals surface area contributed by atoms with Crippen LogP contribution in [-0.2, 0) is 9.53 Å². The van der Waals surface area contributed by atoms with Crippen LogP contribution in [0.4, 0.5) is 0 Å². The molecule has 1 saturated heterocycles. The molecule has 1 aliphatic heterocycles. The molecule has 1 aliphatic rings. The molecule has 0 aromatic rings. The molecule has 0 spiro atoms. The van der Waals surface area contributed by atoms with Gasteiger partial charge < -0.3 is 9.84 Å². The van der Waals surface area contributed by atoms with Gasteiger partial charge in [-0.2, -0.15) is 0 Å². The molecule has 0 amide bonds. The molecule has 0 aliphatic carbocycles. The van der Waals surface area contributed by atoms with Gasteiger partial charge in [-0.1, -0.05) is 0 Å². The van der Waals surface area contributed by atoms with Crippen LogP contribution in [0.2, 0.25) is 0 Å². The van der Waals surface area contributed by atoms with E-state index in [0.717, 1.165) is 25.9 Å². The maximum Gasteiger partial charge on any atom is 0.306 e. The van der Waals surface area contributed by atoms with Crippen LogP contribution in [0.5, 0.6) is 0 Å². The Labute approximate surface area is 97.6 Å². The SMILES string of the molecule is CC(OC(C)(C)C)N1CCC(C(=O)O)CC1. The number of ether oxygens (including phenoxy) is 1. The summed E-state index contributed by atoms with van der Waals surface area (Å²) in [6.07, 6.45) is 1.52. The highest BCUT2D eigenvalue weighted by molar-refractivity contribution is 5.70. The molecule has 1 fully saturated rings. The van der Waals surface area contributed by atoms with Crippen molar-refractivity contribution in [2.45, 2.75) is 52.4 Å². The molecule has 0 aromatic carbocycles. The van der Waals surface area contributed by atoms with Crippen molar-refractivity contribution in [2.75, 3.05) is 13.1 Å². The van der Waals surface area contributed by atoms with Crippen molar-refractivity contribution in [1.29, 1.82) is 0 Å². The highest BCUT2D eigenvalue weighted by Gasteiger charge is 2.28. The summed E-state index contributed by atoms with van der Waals surface area (Å²) in [6, 6.07) is 0. The summed E-state index contributed by atoms with van der Waals surface area (Å²) in [7, 11) is 0. The van der Waals surface area contributed by atoms with Gasteiger partial charge in [-0.05, 0) is 40.5 Å². The van der Waals surface area contributed by atoms with Crippen LogP contribution in [0.3, 0.4) is 0 Å². The zero-order valence-electron chi connectivity index (χ0n) is 10.7. The number of piperidine rings is 1. The van der Waals surface area contributed by atoms with Gasteiger partial charge in [-0.15, -0.1) is 0 Å². The third-order valence-electron chi connectivity index (χ3n) is 2.92. The predicted molar refractivity (Wildman–Crippen MR) is 62.2 cm³/mol. The van der Waals surface area contributed by atoms with Crippen molar-refractivity contribution in [1.82, 2.24) is 4.90 Å². The molecule has 1 atom stereocenters. The van der Waals surface area contributed by atoms with E-state index >= 15 is 0 Å². The van der Waals surface area contributed by atoms with E-state index in [2.05, 4.69) is 4.90 Å². The minimum Gasteiger partial charge on any atom is -0.481 e. The van der Waals surface area contributed by atoms with Gasteiger partial charge >= 0.3 is 5.97 Å². The monoisotopic (exact) mass is 229 g/mol. The molecule has 4 nitrogen and oxygen atoms in total. The van der Waals surface area contributed by atoms with Gasteiger partial charge in [0.05, 0.1) is 11.5 Å². The van der Waals surface area contributed by atoms with E-state index in [-0.39, 0.29) is 17.7 Å². The first-order valence-corrected chi connectivity index (χ1v) is 5.94. The van der Waals surface area contributed by atoms with Crippen molar-refractivity contribution in [2.24, 2.45) is 5.92 Å². The number of nitrogens with zero attached hydrogens (tertiary/aromatic N) is 1. The molecular weight excluding hydrogens is 206 g/mol. The van der Waals surface area contributed by atoms with Crippen LogP contribution >= 0.6 is 0 Å². The average molecular weight is 229 g/mol. The molecular formula is C12H23NO3. The Balaban J connectivity index is 2.39. The highest BCUT2D eigenvalue weighted by atomic mass is 16.5. The highest BCUT2D eigenvalue weighted by Crippen LogP contribution is 2.21. The van der Waals surface area contributed by atoms with Gasteiger partial charge in [0.25, 0.3) is 0 Å². The summed E-state index contributed by atoms with van der Waals surface area (Å²) in [4.78, 5) is 13.0. The quantitative estimate of drug-likeness (QED) is 0.803. The van der Waals surface area contributed by atoms with Gasteiger partial charge in [0.1, 0.15) is 6.23 Å². The second-order valence-corrected chi connectivity index (χ2v) is 5.48. The summed E-state index contributed by atoms with van der Waals surface area (Å²) in [5.41, 5.74) is -0.150. The van der Waals surface area contributed by atoms with Crippen molar-refractivity contribution < 1.29 is 14.6 Å². The maximum absolute atomic E-state index is 10.8. The van der Waals surface area contributed by atoms with Crippen LogP contribution in [-0.4, -0.2) is 40.9 Å². The Morgan fingerprint density at radius 3 is 2.25 bits per heavy atom. The molecule has 4 heteroatoms. The molecule has 94 valence electrons. The average Bonchev–Trinajstić information content (AvgIpc) is 2.15. The molecule has 1 unspecified atom stereocenters.